The Labute approximate surface area is 113 Å². The lowest BCUT2D eigenvalue weighted by molar-refractivity contribution is 0.101. The van der Waals surface area contributed by atoms with Gasteiger partial charge < -0.3 is 10.3 Å². The first-order valence-corrected chi connectivity index (χ1v) is 6.12. The smallest absolute Gasteiger partial charge is 0.272 e. The van der Waals surface area contributed by atoms with Gasteiger partial charge in [0.15, 0.2) is 5.78 Å². The second-order valence-electron chi connectivity index (χ2n) is 3.79. The van der Waals surface area contributed by atoms with E-state index in [0.29, 0.717) is 16.9 Å². The van der Waals surface area contributed by atoms with E-state index >= 15 is 0 Å². The fourth-order valence-corrected chi connectivity index (χ4v) is 1.86. The monoisotopic (exact) mass is 306 g/mol. The average Bonchev–Trinajstić information content (AvgIpc) is 2.81. The normalized spacial score (nSPS) is 10.1. The predicted molar refractivity (Wildman–Crippen MR) is 72.9 cm³/mol. The first-order chi connectivity index (χ1) is 8.58. The molecule has 2 aromatic rings. The Hall–Kier alpha value is -1.88. The molecule has 4 nitrogen and oxygen atoms in total. The number of H-pyrrole nitrogens is 1. The summed E-state index contributed by atoms with van der Waals surface area (Å²) in [5.74, 6) is -0.361. The van der Waals surface area contributed by atoms with Crippen LogP contribution in [0.25, 0.3) is 0 Å². The molecular weight excluding hydrogens is 296 g/mol. The number of Topliss-reactive ketones (excluding diaryl/α,β-unsaturated/α-hetero) is 1. The lowest BCUT2D eigenvalue weighted by atomic mass is 10.2. The molecule has 0 saturated heterocycles. The van der Waals surface area contributed by atoms with Gasteiger partial charge >= 0.3 is 0 Å². The van der Waals surface area contributed by atoms with E-state index in [0.717, 1.165) is 4.47 Å². The maximum Gasteiger partial charge on any atom is 0.272 e. The van der Waals surface area contributed by atoms with Crippen LogP contribution in [-0.2, 0) is 0 Å². The number of nitrogens with one attached hydrogen (secondary N) is 2. The van der Waals surface area contributed by atoms with E-state index in [1.807, 2.05) is 18.2 Å². The van der Waals surface area contributed by atoms with Gasteiger partial charge in [-0.1, -0.05) is 12.1 Å². The molecule has 1 aromatic heterocycles. The molecule has 2 rings (SSSR count). The van der Waals surface area contributed by atoms with Gasteiger partial charge in [-0.05, 0) is 41.1 Å². The van der Waals surface area contributed by atoms with Gasteiger partial charge in [0.05, 0.1) is 5.69 Å². The molecule has 0 saturated carbocycles. The van der Waals surface area contributed by atoms with E-state index in [2.05, 4.69) is 26.2 Å². The Bertz CT molecular complexity index is 605. The van der Waals surface area contributed by atoms with Crippen molar-refractivity contribution in [1.82, 2.24) is 4.98 Å². The maximum absolute atomic E-state index is 11.9. The highest BCUT2D eigenvalue weighted by Gasteiger charge is 2.11. The highest BCUT2D eigenvalue weighted by molar-refractivity contribution is 9.10. The van der Waals surface area contributed by atoms with E-state index in [9.17, 15) is 9.59 Å². The Balaban J connectivity index is 2.17. The molecule has 0 atom stereocenters. The summed E-state index contributed by atoms with van der Waals surface area (Å²) in [4.78, 5) is 25.8. The van der Waals surface area contributed by atoms with Crippen LogP contribution in [0.15, 0.2) is 41.0 Å². The van der Waals surface area contributed by atoms with E-state index in [1.165, 1.54) is 19.2 Å². The number of aromatic amines is 1. The van der Waals surface area contributed by atoms with Crippen LogP contribution in [0.4, 0.5) is 5.69 Å². The highest BCUT2D eigenvalue weighted by atomic mass is 79.9. The van der Waals surface area contributed by atoms with Gasteiger partial charge in [-0.2, -0.15) is 0 Å². The fourth-order valence-electron chi connectivity index (χ4n) is 1.48. The standard InChI is InChI=1S/C13H11BrN2O2/c1-8(17)9-6-12(15-7-9)13(18)16-11-5-3-2-4-10(11)14/h2-7,15H,1H3,(H,16,18). The first-order valence-electron chi connectivity index (χ1n) is 5.33. The van der Waals surface area contributed by atoms with Crippen molar-refractivity contribution in [3.8, 4) is 0 Å². The number of ketones is 1. The van der Waals surface area contributed by atoms with Crippen LogP contribution in [0.2, 0.25) is 0 Å². The van der Waals surface area contributed by atoms with Crippen LogP contribution in [0.3, 0.4) is 0 Å². The van der Waals surface area contributed by atoms with Crippen molar-refractivity contribution in [2.75, 3.05) is 5.32 Å². The number of carbonyl (C=O) groups excluding carboxylic acids is 2. The molecule has 0 aliphatic rings. The summed E-state index contributed by atoms with van der Waals surface area (Å²) in [5.41, 5.74) is 1.53. The Morgan fingerprint density at radius 2 is 2.00 bits per heavy atom. The van der Waals surface area contributed by atoms with Gasteiger partial charge in [-0.25, -0.2) is 0 Å². The van der Waals surface area contributed by atoms with E-state index in [4.69, 9.17) is 0 Å². The molecule has 0 radical (unpaired) electrons. The number of hydrogen-bond donors (Lipinski definition) is 2. The van der Waals surface area contributed by atoms with Crippen LogP contribution < -0.4 is 5.32 Å². The number of rotatable bonds is 3. The maximum atomic E-state index is 11.9. The zero-order valence-electron chi connectivity index (χ0n) is 9.66. The SMILES string of the molecule is CC(=O)c1c[nH]c(C(=O)Nc2ccccc2Br)c1. The molecule has 0 spiro atoms. The van der Waals surface area contributed by atoms with E-state index < -0.39 is 0 Å². The summed E-state index contributed by atoms with van der Waals surface area (Å²) >= 11 is 3.35. The highest BCUT2D eigenvalue weighted by Crippen LogP contribution is 2.21. The number of amides is 1. The molecule has 5 heteroatoms. The summed E-state index contributed by atoms with van der Waals surface area (Å²) in [6.45, 7) is 1.46. The molecule has 1 amide bonds. The summed E-state index contributed by atoms with van der Waals surface area (Å²) in [7, 11) is 0. The number of benzene rings is 1. The molecule has 0 unspecified atom stereocenters. The van der Waals surface area contributed by atoms with Gasteiger partial charge in [0.25, 0.3) is 5.91 Å². The van der Waals surface area contributed by atoms with Crippen LogP contribution >= 0.6 is 15.9 Å². The average molecular weight is 307 g/mol. The predicted octanol–water partition coefficient (Wildman–Crippen LogP) is 3.23. The van der Waals surface area contributed by atoms with Gasteiger partial charge in [0.2, 0.25) is 0 Å². The molecule has 18 heavy (non-hydrogen) atoms. The molecule has 0 aliphatic heterocycles. The minimum Gasteiger partial charge on any atom is -0.356 e. The number of halogens is 1. The molecule has 1 heterocycles. The summed E-state index contributed by atoms with van der Waals surface area (Å²) in [5, 5.41) is 2.75. The minimum atomic E-state index is -0.283. The molecule has 2 N–H and O–H groups in total. The van der Waals surface area contributed by atoms with Crippen molar-refractivity contribution >= 4 is 33.3 Å². The van der Waals surface area contributed by atoms with Gasteiger partial charge in [0.1, 0.15) is 5.69 Å². The zero-order chi connectivity index (χ0) is 13.1. The summed E-state index contributed by atoms with van der Waals surface area (Å²) < 4.78 is 0.802. The van der Waals surface area contributed by atoms with Crippen LogP contribution in [-0.4, -0.2) is 16.7 Å². The topological polar surface area (TPSA) is 62.0 Å². The fraction of sp³-hybridized carbons (Fsp3) is 0.0769. The first kappa shape index (κ1) is 12.6. The molecule has 0 bridgehead atoms. The molecule has 0 aliphatic carbocycles. The van der Waals surface area contributed by atoms with E-state index in [1.54, 1.807) is 6.07 Å². The zero-order valence-corrected chi connectivity index (χ0v) is 11.2. The second-order valence-corrected chi connectivity index (χ2v) is 4.65. The van der Waals surface area contributed by atoms with Crippen molar-refractivity contribution in [2.24, 2.45) is 0 Å². The lowest BCUT2D eigenvalue weighted by Gasteiger charge is -2.05. The number of aromatic nitrogens is 1. The van der Waals surface area contributed by atoms with Crippen molar-refractivity contribution in [2.45, 2.75) is 6.92 Å². The number of carbonyl (C=O) groups is 2. The minimum absolute atomic E-state index is 0.0776. The third-order valence-electron chi connectivity index (χ3n) is 2.46. The van der Waals surface area contributed by atoms with Crippen LogP contribution in [0, 0.1) is 0 Å². The Kier molecular flexibility index (Phi) is 3.62. The van der Waals surface area contributed by atoms with Crippen molar-refractivity contribution in [3.63, 3.8) is 0 Å². The van der Waals surface area contributed by atoms with Gasteiger partial charge in [-0.15, -0.1) is 0 Å². The van der Waals surface area contributed by atoms with Crippen molar-refractivity contribution < 1.29 is 9.59 Å². The Morgan fingerprint density at radius 3 is 2.61 bits per heavy atom. The summed E-state index contributed by atoms with van der Waals surface area (Å²) in [6.07, 6.45) is 1.53. The largest absolute Gasteiger partial charge is 0.356 e. The third-order valence-corrected chi connectivity index (χ3v) is 3.15. The quantitative estimate of drug-likeness (QED) is 0.855. The van der Waals surface area contributed by atoms with Crippen LogP contribution in [0.1, 0.15) is 27.8 Å². The third kappa shape index (κ3) is 2.68. The molecule has 0 fully saturated rings. The van der Waals surface area contributed by atoms with Gasteiger partial charge in [0, 0.05) is 16.2 Å². The second kappa shape index (κ2) is 5.18. The molecule has 1 aromatic carbocycles. The molecule has 92 valence electrons. The van der Waals surface area contributed by atoms with Gasteiger partial charge in [-0.3, -0.25) is 9.59 Å². The Morgan fingerprint density at radius 1 is 1.28 bits per heavy atom. The van der Waals surface area contributed by atoms with Crippen molar-refractivity contribution in [1.29, 1.82) is 0 Å². The van der Waals surface area contributed by atoms with Crippen molar-refractivity contribution in [3.05, 3.63) is 52.3 Å². The van der Waals surface area contributed by atoms with E-state index in [-0.39, 0.29) is 11.7 Å². The van der Waals surface area contributed by atoms with Crippen LogP contribution in [0.5, 0.6) is 0 Å². The number of anilines is 1. The molecular formula is C13H11BrN2O2. The number of para-hydroxylation sites is 1. The summed E-state index contributed by atoms with van der Waals surface area (Å²) in [6, 6.07) is 8.86. The lowest BCUT2D eigenvalue weighted by Crippen LogP contribution is -2.12. The number of hydrogen-bond acceptors (Lipinski definition) is 2.